The molecule has 64 heavy (non-hydrogen) atoms. The molecule has 1 heterocycles. The second kappa shape index (κ2) is 27.8. The molecule has 0 aliphatic carbocycles. The fourth-order valence-corrected chi connectivity index (χ4v) is 7.56. The first-order valence-electron chi connectivity index (χ1n) is 21.5. The lowest BCUT2D eigenvalue weighted by Gasteiger charge is -2.30. The molecule has 0 saturated carbocycles. The van der Waals surface area contributed by atoms with Gasteiger partial charge in [0.15, 0.2) is 0 Å². The minimum absolute atomic E-state index is 0.0213. The summed E-state index contributed by atoms with van der Waals surface area (Å²) in [6.45, 7) is 6.47. The van der Waals surface area contributed by atoms with Crippen LogP contribution in [-0.2, 0) is 49.6 Å². The lowest BCUT2D eigenvalue weighted by molar-refractivity contribution is -0.141. The van der Waals surface area contributed by atoms with Gasteiger partial charge in [-0.05, 0) is 74.6 Å². The van der Waals surface area contributed by atoms with E-state index >= 15 is 0 Å². The first kappa shape index (κ1) is 54.8. The van der Waals surface area contributed by atoms with Crippen LogP contribution in [0.2, 0.25) is 0 Å². The molecule has 2 rings (SSSR count). The summed E-state index contributed by atoms with van der Waals surface area (Å²) < 4.78 is 0. The van der Waals surface area contributed by atoms with Crippen molar-refractivity contribution in [3.8, 4) is 0 Å². The molecular weight excluding hydrogens is 853 g/mol. The zero-order valence-corrected chi connectivity index (χ0v) is 38.1. The number of benzene rings is 1. The van der Waals surface area contributed by atoms with Crippen molar-refractivity contribution in [1.29, 1.82) is 0 Å². The Kier molecular flexibility index (Phi) is 23.8. The summed E-state index contributed by atoms with van der Waals surface area (Å²) in [4.78, 5) is 120. The number of aliphatic carboxylic acids is 1. The van der Waals surface area contributed by atoms with Gasteiger partial charge in [0.2, 0.25) is 47.3 Å². The number of hydrogen-bond acceptors (Lipinski definition) is 13. The Balaban J connectivity index is 2.28. The topological polar surface area (TPSA) is 348 Å². The van der Waals surface area contributed by atoms with Crippen LogP contribution in [0.25, 0.3) is 0 Å². The molecule has 0 spiro atoms. The van der Waals surface area contributed by atoms with E-state index in [0.29, 0.717) is 17.7 Å². The van der Waals surface area contributed by atoms with Crippen molar-refractivity contribution in [3.63, 3.8) is 0 Å². The largest absolute Gasteiger partial charge is 0.481 e. The third-order valence-electron chi connectivity index (χ3n) is 10.6. The van der Waals surface area contributed by atoms with Gasteiger partial charge >= 0.3 is 5.97 Å². The summed E-state index contributed by atoms with van der Waals surface area (Å²) in [6, 6.07) is -0.395. The Hall–Kier alpha value is -5.32. The van der Waals surface area contributed by atoms with Crippen LogP contribution in [0.4, 0.5) is 0 Å². The van der Waals surface area contributed by atoms with Crippen molar-refractivity contribution in [1.82, 2.24) is 36.8 Å². The highest BCUT2D eigenvalue weighted by atomic mass is 32.2. The molecule has 1 unspecified atom stereocenters. The summed E-state index contributed by atoms with van der Waals surface area (Å²) in [5.41, 5.74) is 17.3. The number of nitrogens with zero attached hydrogens (tertiary/aromatic N) is 1. The van der Waals surface area contributed by atoms with Crippen molar-refractivity contribution in [2.75, 3.05) is 38.2 Å². The minimum atomic E-state index is -1.71. The van der Waals surface area contributed by atoms with Gasteiger partial charge in [-0.15, -0.1) is 0 Å². The van der Waals surface area contributed by atoms with Crippen molar-refractivity contribution in [3.05, 3.63) is 35.9 Å². The van der Waals surface area contributed by atoms with E-state index in [1.165, 1.54) is 16.7 Å². The quantitative estimate of drug-likeness (QED) is 0.0395. The molecule has 14 N–H and O–H groups in total. The number of aliphatic hydroxyl groups is 1. The Labute approximate surface area is 378 Å². The van der Waals surface area contributed by atoms with Crippen molar-refractivity contribution >= 4 is 65.0 Å². The molecule has 0 aromatic heterocycles. The lowest BCUT2D eigenvalue weighted by Crippen LogP contribution is -2.61. The Morgan fingerprint density at radius 2 is 1.33 bits per heavy atom. The van der Waals surface area contributed by atoms with Gasteiger partial charge in [0.05, 0.1) is 13.0 Å². The molecule has 22 heteroatoms. The normalized spacial score (nSPS) is 16.6. The minimum Gasteiger partial charge on any atom is -0.481 e. The van der Waals surface area contributed by atoms with E-state index in [2.05, 4.69) is 31.9 Å². The molecule has 8 amide bonds. The predicted molar refractivity (Wildman–Crippen MR) is 239 cm³/mol. The summed E-state index contributed by atoms with van der Waals surface area (Å²) >= 11 is 1.48. The average Bonchev–Trinajstić information content (AvgIpc) is 3.59. The number of primary amides is 1. The third-order valence-corrected chi connectivity index (χ3v) is 11.2. The molecule has 7 atom stereocenters. The summed E-state index contributed by atoms with van der Waals surface area (Å²) in [5.74, 6) is -8.25. The van der Waals surface area contributed by atoms with Gasteiger partial charge in [0, 0.05) is 18.9 Å². The number of amides is 8. The number of rotatable bonds is 29. The fraction of sp³-hybridized carbons (Fsp3) is 0.643. The number of carboxylic acids is 1. The highest BCUT2D eigenvalue weighted by Gasteiger charge is 2.42. The number of carbonyl (C=O) groups excluding carboxylic acids is 8. The van der Waals surface area contributed by atoms with Crippen molar-refractivity contribution in [2.24, 2.45) is 35.0 Å². The summed E-state index contributed by atoms with van der Waals surface area (Å²) in [7, 11) is 0. The lowest BCUT2D eigenvalue weighted by atomic mass is 9.99. The number of carboxylic acid groups (broad SMARTS) is 1. The van der Waals surface area contributed by atoms with Gasteiger partial charge in [0.25, 0.3) is 0 Å². The van der Waals surface area contributed by atoms with Crippen LogP contribution in [0, 0.1) is 17.8 Å². The van der Waals surface area contributed by atoms with E-state index in [1.807, 2.05) is 20.1 Å². The van der Waals surface area contributed by atoms with E-state index < -0.39 is 120 Å². The average molecular weight is 921 g/mol. The summed E-state index contributed by atoms with van der Waals surface area (Å²) in [6.07, 6.45) is 2.05. The van der Waals surface area contributed by atoms with Gasteiger partial charge in [-0.1, -0.05) is 58.0 Å². The highest BCUT2D eigenvalue weighted by molar-refractivity contribution is 7.98. The van der Waals surface area contributed by atoms with Crippen LogP contribution in [0.3, 0.4) is 0 Å². The van der Waals surface area contributed by atoms with E-state index in [9.17, 15) is 53.4 Å². The molecule has 0 radical (unpaired) electrons. The van der Waals surface area contributed by atoms with Crippen LogP contribution in [0.15, 0.2) is 30.3 Å². The Morgan fingerprint density at radius 3 is 1.86 bits per heavy atom. The van der Waals surface area contributed by atoms with Gasteiger partial charge in [0.1, 0.15) is 42.3 Å². The second-order valence-electron chi connectivity index (χ2n) is 16.5. The smallest absolute Gasteiger partial charge is 0.305 e. The molecule has 1 aromatic rings. The molecule has 1 aliphatic rings. The first-order valence-corrected chi connectivity index (χ1v) is 22.8. The van der Waals surface area contributed by atoms with Gasteiger partial charge in [-0.25, -0.2) is 0 Å². The number of nitrogens with two attached hydrogens (primary N) is 3. The maximum absolute atomic E-state index is 14.0. The van der Waals surface area contributed by atoms with Gasteiger partial charge in [-0.2, -0.15) is 11.8 Å². The zero-order chi connectivity index (χ0) is 48.1. The van der Waals surface area contributed by atoms with Crippen LogP contribution in [-0.4, -0.2) is 149 Å². The number of likely N-dealkylation sites (tertiary alicyclic amines) is 1. The van der Waals surface area contributed by atoms with E-state index in [4.69, 9.17) is 17.2 Å². The van der Waals surface area contributed by atoms with Crippen LogP contribution in [0.5, 0.6) is 0 Å². The SMILES string of the molecule is CSCC[C@H](NC(=O)[C@@H](CC(C)C)N1CCC(NC(=O)[C@@H](NC(=O)[C@H](Cc2ccccc2)NC(=O)[C@H](CO)NC(=O)[C@H](CC(=O)O)NC(=O)C(CCN)CCN)C(C)C)C1=O)C(N)=O. The predicted octanol–water partition coefficient (Wildman–Crippen LogP) is -2.54. The highest BCUT2D eigenvalue weighted by Crippen LogP contribution is 2.21. The zero-order valence-electron chi connectivity index (χ0n) is 37.3. The Morgan fingerprint density at radius 1 is 0.766 bits per heavy atom. The molecule has 1 aliphatic heterocycles. The Bertz CT molecular complexity index is 1750. The number of thioether (sulfide) groups is 1. The second-order valence-corrected chi connectivity index (χ2v) is 17.5. The monoisotopic (exact) mass is 920 g/mol. The van der Waals surface area contributed by atoms with E-state index in [1.54, 1.807) is 44.2 Å². The van der Waals surface area contributed by atoms with Crippen LogP contribution in [0.1, 0.15) is 71.8 Å². The molecule has 1 aromatic carbocycles. The molecule has 21 nitrogen and oxygen atoms in total. The molecule has 1 saturated heterocycles. The van der Waals surface area contributed by atoms with Gasteiger partial charge < -0.3 is 64.2 Å². The maximum Gasteiger partial charge on any atom is 0.305 e. The molecule has 0 bridgehead atoms. The van der Waals surface area contributed by atoms with Crippen molar-refractivity contribution in [2.45, 2.75) is 115 Å². The first-order chi connectivity index (χ1) is 30.3. The van der Waals surface area contributed by atoms with Crippen LogP contribution >= 0.6 is 11.8 Å². The third kappa shape index (κ3) is 17.7. The molecular formula is C42H68N10O11S. The number of aliphatic hydroxyl groups excluding tert-OH is 1. The number of hydrogen-bond donors (Lipinski definition) is 11. The fourth-order valence-electron chi connectivity index (χ4n) is 7.09. The molecule has 1 fully saturated rings. The summed E-state index contributed by atoms with van der Waals surface area (Å²) in [5, 5.41) is 34.9. The number of nitrogens with one attached hydrogen (secondary N) is 6. The maximum atomic E-state index is 14.0. The van der Waals surface area contributed by atoms with Crippen LogP contribution < -0.4 is 49.1 Å². The standard InChI is InChI=1S/C42H68N10O11S/c1-23(2)19-32(40(61)46-27(35(45)56)14-18-64-5)52-17-13-28(42(52)63)47-41(62)34(24(3)4)51-38(59)29(20-25-9-7-6-8-10-25)49-39(60)31(22-53)50-37(58)30(21-33(54)55)48-36(57)26(11-15-43)12-16-44/h6-10,23-24,26-32,34,53H,11-22,43-44H2,1-5H3,(H2,45,56)(H,46,61)(H,47,62)(H,48,57)(H,49,60)(H,50,58)(H,51,59)(H,54,55)/t27-,28?,29-,30-,31-,32+,34-/m0/s1. The van der Waals surface area contributed by atoms with E-state index in [-0.39, 0.29) is 57.7 Å². The molecule has 358 valence electrons. The number of carbonyl (C=O) groups is 9. The van der Waals surface area contributed by atoms with Gasteiger partial charge in [-0.3, -0.25) is 43.2 Å². The van der Waals surface area contributed by atoms with E-state index in [0.717, 1.165) is 0 Å². The van der Waals surface area contributed by atoms with Crippen molar-refractivity contribution < 1.29 is 53.4 Å².